The predicted molar refractivity (Wildman–Crippen MR) is 114 cm³/mol. The molecule has 0 saturated heterocycles. The van der Waals surface area contributed by atoms with Crippen LogP contribution in [0.5, 0.6) is 0 Å². The zero-order chi connectivity index (χ0) is 19.3. The van der Waals surface area contributed by atoms with Gasteiger partial charge in [0.25, 0.3) is 0 Å². The molecular weight excluding hydrogens is 320 g/mol. The van der Waals surface area contributed by atoms with Crippen LogP contribution >= 0.6 is 0 Å². The number of hydrogen-bond acceptors (Lipinski definition) is 2. The Labute approximate surface area is 163 Å². The molecule has 0 N–H and O–H groups in total. The molecule has 0 aromatic rings. The van der Waals surface area contributed by atoms with Crippen molar-refractivity contribution in [3.8, 4) is 0 Å². The van der Waals surface area contributed by atoms with E-state index in [1.807, 2.05) is 0 Å². The number of ketones is 2. The quantitative estimate of drug-likeness (QED) is 0.152. The van der Waals surface area contributed by atoms with Crippen molar-refractivity contribution in [3.63, 3.8) is 0 Å². The molecule has 2 heteroatoms. The number of unbranched alkanes of at least 4 members (excludes halogenated alkanes) is 16. The third kappa shape index (κ3) is 18.1. The molecule has 0 amide bonds. The maximum Gasteiger partial charge on any atom is 0.198 e. The van der Waals surface area contributed by atoms with Gasteiger partial charge in [-0.25, -0.2) is 0 Å². The van der Waals surface area contributed by atoms with Crippen molar-refractivity contribution < 1.29 is 9.59 Å². The third-order valence-corrected chi connectivity index (χ3v) is 5.33. The van der Waals surface area contributed by atoms with Crippen molar-refractivity contribution in [2.24, 2.45) is 0 Å². The molecule has 0 aromatic heterocycles. The van der Waals surface area contributed by atoms with E-state index in [-0.39, 0.29) is 11.6 Å². The van der Waals surface area contributed by atoms with Crippen LogP contribution in [0.25, 0.3) is 0 Å². The molecule has 0 atom stereocenters. The second-order valence-electron chi connectivity index (χ2n) is 8.00. The Morgan fingerprint density at radius 1 is 0.385 bits per heavy atom. The maximum atomic E-state index is 11.9. The lowest BCUT2D eigenvalue weighted by Crippen LogP contribution is -2.13. The number of carbonyl (C=O) groups is 2. The van der Waals surface area contributed by atoms with E-state index in [2.05, 4.69) is 13.8 Å². The molecule has 0 aliphatic heterocycles. The van der Waals surface area contributed by atoms with E-state index in [0.29, 0.717) is 12.8 Å². The first kappa shape index (κ1) is 25.3. The van der Waals surface area contributed by atoms with Crippen LogP contribution in [0.1, 0.15) is 142 Å². The van der Waals surface area contributed by atoms with Crippen LogP contribution in [0.2, 0.25) is 0 Å². The number of hydrogen-bond donors (Lipinski definition) is 0. The summed E-state index contributed by atoms with van der Waals surface area (Å²) >= 11 is 0. The lowest BCUT2D eigenvalue weighted by molar-refractivity contribution is -0.136. The molecule has 2 nitrogen and oxygen atoms in total. The summed E-state index contributed by atoms with van der Waals surface area (Å²) in [7, 11) is 0. The van der Waals surface area contributed by atoms with Gasteiger partial charge < -0.3 is 0 Å². The second kappa shape index (κ2) is 20.6. The number of carbonyl (C=O) groups excluding carboxylic acids is 2. The van der Waals surface area contributed by atoms with Gasteiger partial charge in [0.05, 0.1) is 0 Å². The summed E-state index contributed by atoms with van der Waals surface area (Å²) in [6.07, 6.45) is 23.3. The number of Topliss-reactive ketones (excluding diaryl/α,β-unsaturated/α-hetero) is 2. The van der Waals surface area contributed by atoms with Crippen molar-refractivity contribution in [3.05, 3.63) is 0 Å². The van der Waals surface area contributed by atoms with Crippen molar-refractivity contribution in [1.29, 1.82) is 0 Å². The molecule has 0 aromatic carbocycles. The van der Waals surface area contributed by atoms with Crippen molar-refractivity contribution in [2.45, 2.75) is 142 Å². The average molecular weight is 367 g/mol. The van der Waals surface area contributed by atoms with Crippen LogP contribution in [-0.2, 0) is 9.59 Å². The van der Waals surface area contributed by atoms with Gasteiger partial charge >= 0.3 is 0 Å². The van der Waals surface area contributed by atoms with E-state index in [9.17, 15) is 9.59 Å². The molecule has 26 heavy (non-hydrogen) atoms. The van der Waals surface area contributed by atoms with Crippen LogP contribution in [0.3, 0.4) is 0 Å². The standard InChI is InChI=1S/C24H46O2/c1-3-5-7-9-11-13-15-17-19-21-23(25)24(26)22-20-18-16-14-12-10-8-6-4-2/h3-22H2,1-2H3. The summed E-state index contributed by atoms with van der Waals surface area (Å²) in [6.45, 7) is 4.49. The summed E-state index contributed by atoms with van der Waals surface area (Å²) in [5.41, 5.74) is 0. The van der Waals surface area contributed by atoms with E-state index in [0.717, 1.165) is 25.7 Å². The Kier molecular flexibility index (Phi) is 20.1. The second-order valence-corrected chi connectivity index (χ2v) is 8.00. The van der Waals surface area contributed by atoms with Gasteiger partial charge in [-0.2, -0.15) is 0 Å². The van der Waals surface area contributed by atoms with Crippen molar-refractivity contribution in [2.75, 3.05) is 0 Å². The minimum Gasteiger partial charge on any atom is -0.291 e. The SMILES string of the molecule is CCCCCCCCCCCC(=O)C(=O)CCCCCCCCCCC. The summed E-state index contributed by atoms with van der Waals surface area (Å²) in [4.78, 5) is 23.7. The van der Waals surface area contributed by atoms with Gasteiger partial charge in [-0.05, 0) is 12.8 Å². The van der Waals surface area contributed by atoms with Gasteiger partial charge in [-0.1, -0.05) is 117 Å². The average Bonchev–Trinajstić information content (AvgIpc) is 2.65. The predicted octanol–water partition coefficient (Wildman–Crippen LogP) is 7.97. The Morgan fingerprint density at radius 3 is 0.885 bits per heavy atom. The Morgan fingerprint density at radius 2 is 0.615 bits per heavy atom. The topological polar surface area (TPSA) is 34.1 Å². The minimum absolute atomic E-state index is 0.118. The third-order valence-electron chi connectivity index (χ3n) is 5.33. The van der Waals surface area contributed by atoms with E-state index < -0.39 is 0 Å². The summed E-state index contributed by atoms with van der Waals surface area (Å²) in [5.74, 6) is -0.236. The van der Waals surface area contributed by atoms with E-state index in [1.165, 1.54) is 89.9 Å². The smallest absolute Gasteiger partial charge is 0.198 e. The van der Waals surface area contributed by atoms with E-state index >= 15 is 0 Å². The first-order valence-corrected chi connectivity index (χ1v) is 11.8. The van der Waals surface area contributed by atoms with E-state index in [4.69, 9.17) is 0 Å². The highest BCUT2D eigenvalue weighted by molar-refractivity contribution is 6.37. The molecule has 0 unspecified atom stereocenters. The molecule has 0 rings (SSSR count). The minimum atomic E-state index is -0.118. The van der Waals surface area contributed by atoms with Gasteiger partial charge in [0, 0.05) is 12.8 Å². The van der Waals surface area contributed by atoms with Gasteiger partial charge in [0.1, 0.15) is 0 Å². The highest BCUT2D eigenvalue weighted by atomic mass is 16.2. The molecule has 0 spiro atoms. The van der Waals surface area contributed by atoms with Crippen molar-refractivity contribution >= 4 is 11.6 Å². The zero-order valence-electron chi connectivity index (χ0n) is 18.0. The lowest BCUT2D eigenvalue weighted by atomic mass is 10.0. The fourth-order valence-electron chi connectivity index (χ4n) is 3.47. The monoisotopic (exact) mass is 366 g/mol. The molecule has 0 bridgehead atoms. The molecule has 0 aliphatic carbocycles. The first-order valence-electron chi connectivity index (χ1n) is 11.8. The number of rotatable bonds is 21. The Balaban J connectivity index is 3.34. The van der Waals surface area contributed by atoms with Crippen LogP contribution in [0, 0.1) is 0 Å². The van der Waals surface area contributed by atoms with Gasteiger partial charge in [0.15, 0.2) is 11.6 Å². The summed E-state index contributed by atoms with van der Waals surface area (Å²) in [5, 5.41) is 0. The lowest BCUT2D eigenvalue weighted by Gasteiger charge is -2.03. The maximum absolute atomic E-state index is 11.9. The van der Waals surface area contributed by atoms with Gasteiger partial charge in [-0.15, -0.1) is 0 Å². The van der Waals surface area contributed by atoms with Crippen LogP contribution in [-0.4, -0.2) is 11.6 Å². The first-order chi connectivity index (χ1) is 12.7. The molecular formula is C24H46O2. The van der Waals surface area contributed by atoms with Crippen LogP contribution in [0.4, 0.5) is 0 Å². The largest absolute Gasteiger partial charge is 0.291 e. The molecule has 0 fully saturated rings. The van der Waals surface area contributed by atoms with E-state index in [1.54, 1.807) is 0 Å². The van der Waals surface area contributed by atoms with Gasteiger partial charge in [-0.3, -0.25) is 9.59 Å². The summed E-state index contributed by atoms with van der Waals surface area (Å²) < 4.78 is 0. The highest BCUT2D eigenvalue weighted by Crippen LogP contribution is 2.13. The Bertz CT molecular complexity index is 290. The van der Waals surface area contributed by atoms with Crippen LogP contribution in [0.15, 0.2) is 0 Å². The normalized spacial score (nSPS) is 11.0. The highest BCUT2D eigenvalue weighted by Gasteiger charge is 2.12. The molecule has 0 radical (unpaired) electrons. The fraction of sp³-hybridized carbons (Fsp3) is 0.917. The summed E-state index contributed by atoms with van der Waals surface area (Å²) in [6, 6.07) is 0. The molecule has 0 heterocycles. The molecule has 154 valence electrons. The zero-order valence-corrected chi connectivity index (χ0v) is 18.0. The molecule has 0 saturated carbocycles. The van der Waals surface area contributed by atoms with Gasteiger partial charge in [0.2, 0.25) is 0 Å². The Hall–Kier alpha value is -0.660. The van der Waals surface area contributed by atoms with Crippen LogP contribution < -0.4 is 0 Å². The van der Waals surface area contributed by atoms with Crippen molar-refractivity contribution in [1.82, 2.24) is 0 Å². The fourth-order valence-corrected chi connectivity index (χ4v) is 3.47. The molecule has 0 aliphatic rings.